The number of benzene rings is 1. The fraction of sp³-hybridized carbons (Fsp3) is 0.391. The molecule has 3 heterocycles. The number of anilines is 1. The highest BCUT2D eigenvalue weighted by molar-refractivity contribution is 5.95. The molecule has 1 aromatic carbocycles. The van der Waals surface area contributed by atoms with Crippen LogP contribution in [0.3, 0.4) is 0 Å². The van der Waals surface area contributed by atoms with Gasteiger partial charge in [-0.1, -0.05) is 10.3 Å². The summed E-state index contributed by atoms with van der Waals surface area (Å²) in [6.07, 6.45) is 1.21. The molecule has 9 heteroatoms. The van der Waals surface area contributed by atoms with E-state index in [-0.39, 0.29) is 17.7 Å². The van der Waals surface area contributed by atoms with Crippen LogP contribution in [0.2, 0.25) is 0 Å². The van der Waals surface area contributed by atoms with Gasteiger partial charge in [-0.15, -0.1) is 0 Å². The molecule has 1 N–H and O–H groups in total. The maximum Gasteiger partial charge on any atom is 0.253 e. The van der Waals surface area contributed by atoms with Crippen LogP contribution in [0, 0.1) is 26.7 Å². The van der Waals surface area contributed by atoms with Crippen LogP contribution in [0.1, 0.15) is 46.0 Å². The minimum absolute atomic E-state index is 0.0479. The first-order chi connectivity index (χ1) is 15.4. The lowest BCUT2D eigenvalue weighted by molar-refractivity contribution is -0.121. The number of carbonyl (C=O) groups excluding carboxylic acids is 2. The zero-order valence-electron chi connectivity index (χ0n) is 18.4. The minimum Gasteiger partial charge on any atom is -0.489 e. The van der Waals surface area contributed by atoms with E-state index < -0.39 is 0 Å². The molecule has 1 fully saturated rings. The van der Waals surface area contributed by atoms with Crippen molar-refractivity contribution in [1.82, 2.24) is 15.2 Å². The lowest BCUT2D eigenvalue weighted by Crippen LogP contribution is -2.41. The van der Waals surface area contributed by atoms with E-state index in [1.54, 1.807) is 42.2 Å². The van der Waals surface area contributed by atoms with E-state index in [4.69, 9.17) is 13.8 Å². The normalized spacial score (nSPS) is 14.4. The van der Waals surface area contributed by atoms with E-state index in [1.807, 2.05) is 13.8 Å². The van der Waals surface area contributed by atoms with Crippen LogP contribution < -0.4 is 10.1 Å². The van der Waals surface area contributed by atoms with E-state index in [1.165, 1.54) is 0 Å². The Labute approximate surface area is 185 Å². The summed E-state index contributed by atoms with van der Waals surface area (Å²) < 4.78 is 15.9. The summed E-state index contributed by atoms with van der Waals surface area (Å²) in [6.45, 7) is 6.90. The highest BCUT2D eigenvalue weighted by Gasteiger charge is 2.28. The van der Waals surface area contributed by atoms with Crippen molar-refractivity contribution < 1.29 is 23.4 Å². The summed E-state index contributed by atoms with van der Waals surface area (Å²) in [7, 11) is 0. The summed E-state index contributed by atoms with van der Waals surface area (Å²) in [5.74, 6) is 2.17. The van der Waals surface area contributed by atoms with Gasteiger partial charge in [0, 0.05) is 30.6 Å². The number of hydrogen-bond acceptors (Lipinski definition) is 7. The summed E-state index contributed by atoms with van der Waals surface area (Å²) in [4.78, 5) is 27.1. The van der Waals surface area contributed by atoms with Crippen molar-refractivity contribution >= 4 is 17.6 Å². The van der Waals surface area contributed by atoms with E-state index in [9.17, 15) is 9.59 Å². The highest BCUT2D eigenvalue weighted by Crippen LogP contribution is 2.23. The summed E-state index contributed by atoms with van der Waals surface area (Å²) in [5.41, 5.74) is 2.33. The van der Waals surface area contributed by atoms with E-state index in [0.29, 0.717) is 55.4 Å². The topological polar surface area (TPSA) is 111 Å². The number of rotatable bonds is 6. The van der Waals surface area contributed by atoms with Crippen molar-refractivity contribution in [3.8, 4) is 5.75 Å². The first kappa shape index (κ1) is 21.6. The SMILES string of the molecule is Cc1cc(NC(=O)C2CCN(C(=O)c3ccc(OCc4c(C)noc4C)cc3)CC2)no1. The van der Waals surface area contributed by atoms with Gasteiger partial charge in [0.25, 0.3) is 5.91 Å². The first-order valence-electron chi connectivity index (χ1n) is 10.6. The third-order valence-electron chi connectivity index (χ3n) is 5.70. The molecule has 1 saturated heterocycles. The van der Waals surface area contributed by atoms with Crippen molar-refractivity contribution in [3.63, 3.8) is 0 Å². The predicted octanol–water partition coefficient (Wildman–Crippen LogP) is 3.66. The number of piperidine rings is 1. The first-order valence-corrected chi connectivity index (χ1v) is 10.6. The lowest BCUT2D eigenvalue weighted by Gasteiger charge is -2.31. The quantitative estimate of drug-likeness (QED) is 0.625. The van der Waals surface area contributed by atoms with Gasteiger partial charge < -0.3 is 24.0 Å². The van der Waals surface area contributed by atoms with Crippen LogP contribution in [0.25, 0.3) is 0 Å². The molecule has 0 radical (unpaired) electrons. The third-order valence-corrected chi connectivity index (χ3v) is 5.70. The average Bonchev–Trinajstić information content (AvgIpc) is 3.36. The van der Waals surface area contributed by atoms with Crippen LogP contribution in [-0.2, 0) is 11.4 Å². The average molecular weight is 438 g/mol. The molecule has 3 aromatic rings. The van der Waals surface area contributed by atoms with Crippen molar-refractivity contribution in [3.05, 3.63) is 58.7 Å². The number of nitrogens with one attached hydrogen (secondary N) is 1. The zero-order valence-corrected chi connectivity index (χ0v) is 18.4. The van der Waals surface area contributed by atoms with Crippen molar-refractivity contribution in [2.75, 3.05) is 18.4 Å². The third kappa shape index (κ3) is 4.82. The van der Waals surface area contributed by atoms with Gasteiger partial charge in [-0.25, -0.2) is 0 Å². The van der Waals surface area contributed by atoms with Crippen LogP contribution in [0.4, 0.5) is 5.82 Å². The Balaban J connectivity index is 1.28. The standard InChI is InChI=1S/C23H26N4O5/c1-14-12-21(26-31-14)24-22(28)17-8-10-27(11-9-17)23(29)18-4-6-19(7-5-18)30-13-20-15(2)25-32-16(20)3/h4-7,12,17H,8-11,13H2,1-3H3,(H,24,26,28). The van der Waals surface area contributed by atoms with Crippen molar-refractivity contribution in [2.45, 2.75) is 40.2 Å². The molecule has 0 atom stereocenters. The Morgan fingerprint density at radius 1 is 1.09 bits per heavy atom. The van der Waals surface area contributed by atoms with Gasteiger partial charge in [-0.2, -0.15) is 0 Å². The van der Waals surface area contributed by atoms with E-state index in [0.717, 1.165) is 17.0 Å². The molecule has 2 aromatic heterocycles. The predicted molar refractivity (Wildman–Crippen MR) is 115 cm³/mol. The van der Waals surface area contributed by atoms with Crippen LogP contribution >= 0.6 is 0 Å². The van der Waals surface area contributed by atoms with Gasteiger partial charge in [0.15, 0.2) is 5.82 Å². The summed E-state index contributed by atoms with van der Waals surface area (Å²) in [6, 6.07) is 8.77. The molecule has 0 unspecified atom stereocenters. The van der Waals surface area contributed by atoms with Gasteiger partial charge in [-0.05, 0) is 57.9 Å². The molecule has 0 aliphatic carbocycles. The van der Waals surface area contributed by atoms with Crippen molar-refractivity contribution in [1.29, 1.82) is 0 Å². The molecule has 168 valence electrons. The number of ether oxygens (including phenoxy) is 1. The zero-order chi connectivity index (χ0) is 22.7. The molecule has 1 aliphatic heterocycles. The number of nitrogens with zero attached hydrogens (tertiary/aromatic N) is 3. The Kier molecular flexibility index (Phi) is 6.25. The Hall–Kier alpha value is -3.62. The molecule has 2 amide bonds. The molecule has 0 saturated carbocycles. The molecule has 32 heavy (non-hydrogen) atoms. The van der Waals surface area contributed by atoms with Gasteiger partial charge in [0.2, 0.25) is 5.91 Å². The summed E-state index contributed by atoms with van der Waals surface area (Å²) >= 11 is 0. The monoisotopic (exact) mass is 438 g/mol. The molecule has 0 spiro atoms. The van der Waals surface area contributed by atoms with Gasteiger partial charge in [0.05, 0.1) is 11.3 Å². The van der Waals surface area contributed by atoms with E-state index >= 15 is 0 Å². The lowest BCUT2D eigenvalue weighted by atomic mass is 9.95. The number of likely N-dealkylation sites (tertiary alicyclic amines) is 1. The molecule has 0 bridgehead atoms. The number of aromatic nitrogens is 2. The van der Waals surface area contributed by atoms with Crippen LogP contribution in [0.5, 0.6) is 5.75 Å². The maximum absolute atomic E-state index is 12.9. The van der Waals surface area contributed by atoms with Gasteiger partial charge >= 0.3 is 0 Å². The molecule has 4 rings (SSSR count). The largest absolute Gasteiger partial charge is 0.489 e. The number of aryl methyl sites for hydroxylation is 3. The second-order valence-electron chi connectivity index (χ2n) is 7.99. The second-order valence-corrected chi connectivity index (χ2v) is 7.99. The van der Waals surface area contributed by atoms with Gasteiger partial charge in [0.1, 0.15) is 23.9 Å². The number of carbonyl (C=O) groups is 2. The number of amides is 2. The van der Waals surface area contributed by atoms with Crippen LogP contribution in [-0.4, -0.2) is 40.1 Å². The molecular formula is C23H26N4O5. The van der Waals surface area contributed by atoms with Gasteiger partial charge in [-0.3, -0.25) is 9.59 Å². The fourth-order valence-electron chi connectivity index (χ4n) is 3.74. The second kappa shape index (κ2) is 9.25. The van der Waals surface area contributed by atoms with Crippen molar-refractivity contribution in [2.24, 2.45) is 5.92 Å². The smallest absolute Gasteiger partial charge is 0.253 e. The molecule has 1 aliphatic rings. The minimum atomic E-state index is -0.156. The van der Waals surface area contributed by atoms with Crippen LogP contribution in [0.15, 0.2) is 39.4 Å². The Morgan fingerprint density at radius 2 is 1.81 bits per heavy atom. The Bertz CT molecular complexity index is 1070. The number of hydrogen-bond donors (Lipinski definition) is 1. The maximum atomic E-state index is 12.9. The molecule has 9 nitrogen and oxygen atoms in total. The Morgan fingerprint density at radius 3 is 2.41 bits per heavy atom. The molecular weight excluding hydrogens is 412 g/mol. The van der Waals surface area contributed by atoms with E-state index in [2.05, 4.69) is 15.6 Å². The highest BCUT2D eigenvalue weighted by atomic mass is 16.5. The summed E-state index contributed by atoms with van der Waals surface area (Å²) in [5, 5.41) is 10.5. The fourth-order valence-corrected chi connectivity index (χ4v) is 3.74.